The summed E-state index contributed by atoms with van der Waals surface area (Å²) in [5, 5.41) is 9.73. The summed E-state index contributed by atoms with van der Waals surface area (Å²) in [6.07, 6.45) is 1.66. The maximum Gasteiger partial charge on any atom is 0.327 e. The van der Waals surface area contributed by atoms with Crippen LogP contribution >= 0.6 is 12.4 Å². The Morgan fingerprint density at radius 3 is 3.29 bits per heavy atom. The molecule has 6 heteroatoms. The number of H-pyrrole nitrogens is 1. The van der Waals surface area contributed by atoms with Gasteiger partial charge < -0.3 is 4.74 Å². The number of ether oxygens (including phenoxy) is 1. The average molecular weight is 218 g/mol. The predicted molar refractivity (Wildman–Crippen MR) is 52.0 cm³/mol. The summed E-state index contributed by atoms with van der Waals surface area (Å²) in [6.45, 7) is 2.85. The minimum absolute atomic E-state index is 0. The first-order valence-electron chi connectivity index (χ1n) is 4.25. The summed E-state index contributed by atoms with van der Waals surface area (Å²) in [5.74, 6) is -0.234. The first-order chi connectivity index (χ1) is 6.33. The minimum atomic E-state index is -0.339. The molecule has 0 spiro atoms. The molecule has 1 atom stereocenters. The highest BCUT2D eigenvalue weighted by molar-refractivity contribution is 5.85. The van der Waals surface area contributed by atoms with Crippen LogP contribution in [0, 0.1) is 0 Å². The molecule has 0 saturated carbocycles. The molecule has 0 fully saturated rings. The fourth-order valence-corrected chi connectivity index (χ4v) is 1.46. The van der Waals surface area contributed by atoms with Crippen LogP contribution in [0.1, 0.15) is 24.2 Å². The molecule has 1 aliphatic rings. The van der Waals surface area contributed by atoms with Crippen LogP contribution < -0.4 is 5.32 Å². The Balaban J connectivity index is 0.000000980. The molecule has 0 aliphatic carbocycles. The van der Waals surface area contributed by atoms with Crippen molar-refractivity contribution in [1.29, 1.82) is 0 Å². The first-order valence-corrected chi connectivity index (χ1v) is 4.25. The highest BCUT2D eigenvalue weighted by atomic mass is 35.5. The van der Waals surface area contributed by atoms with Crippen molar-refractivity contribution >= 4 is 18.4 Å². The fraction of sp³-hybridized carbons (Fsp3) is 0.500. The molecule has 2 heterocycles. The van der Waals surface area contributed by atoms with Gasteiger partial charge in [0, 0.05) is 12.1 Å². The number of fused-ring (bicyclic) bond motifs is 1. The van der Waals surface area contributed by atoms with Gasteiger partial charge in [-0.3, -0.25) is 10.4 Å². The van der Waals surface area contributed by atoms with Crippen molar-refractivity contribution < 1.29 is 9.53 Å². The molecule has 0 bridgehead atoms. The van der Waals surface area contributed by atoms with E-state index in [2.05, 4.69) is 15.5 Å². The molecule has 2 rings (SSSR count). The van der Waals surface area contributed by atoms with Gasteiger partial charge in [0.2, 0.25) is 0 Å². The van der Waals surface area contributed by atoms with Crippen molar-refractivity contribution in [3.05, 3.63) is 17.5 Å². The standard InChI is InChI=1S/C8H11N3O2.ClH/c1-2-13-8(12)7-5-3-10-11-6(5)4-9-7;/h3,7,9H,2,4H2,1H3,(H,10,11);1H/t7-;/m1./s1. The number of nitrogens with zero attached hydrogens (tertiary/aromatic N) is 1. The maximum absolute atomic E-state index is 11.4. The topological polar surface area (TPSA) is 67.0 Å². The van der Waals surface area contributed by atoms with E-state index in [1.165, 1.54) is 0 Å². The molecular formula is C8H12ClN3O2. The van der Waals surface area contributed by atoms with E-state index in [1.54, 1.807) is 13.1 Å². The second-order valence-corrected chi connectivity index (χ2v) is 2.87. The summed E-state index contributed by atoms with van der Waals surface area (Å²) in [7, 11) is 0. The third-order valence-corrected chi connectivity index (χ3v) is 2.07. The Kier molecular flexibility index (Phi) is 3.49. The van der Waals surface area contributed by atoms with Crippen LogP contribution in [-0.2, 0) is 16.1 Å². The molecule has 0 radical (unpaired) electrons. The Labute approximate surface area is 87.6 Å². The molecule has 5 nitrogen and oxygen atoms in total. The van der Waals surface area contributed by atoms with Crippen LogP contribution in [-0.4, -0.2) is 22.8 Å². The van der Waals surface area contributed by atoms with E-state index in [-0.39, 0.29) is 24.4 Å². The number of carbonyl (C=O) groups is 1. The van der Waals surface area contributed by atoms with Crippen LogP contribution in [0.4, 0.5) is 0 Å². The van der Waals surface area contributed by atoms with Crippen LogP contribution in [0.5, 0.6) is 0 Å². The number of aromatic amines is 1. The van der Waals surface area contributed by atoms with Gasteiger partial charge in [-0.15, -0.1) is 12.4 Å². The first kappa shape index (κ1) is 11.0. The maximum atomic E-state index is 11.4. The number of hydrogen-bond donors (Lipinski definition) is 2. The molecule has 0 aromatic carbocycles. The lowest BCUT2D eigenvalue weighted by molar-refractivity contribution is -0.145. The molecule has 1 aromatic rings. The number of carbonyl (C=O) groups excluding carboxylic acids is 1. The van der Waals surface area contributed by atoms with Gasteiger partial charge >= 0.3 is 5.97 Å². The van der Waals surface area contributed by atoms with Gasteiger partial charge in [0.15, 0.2) is 0 Å². The van der Waals surface area contributed by atoms with Gasteiger partial charge in [-0.1, -0.05) is 0 Å². The van der Waals surface area contributed by atoms with Gasteiger partial charge in [0.05, 0.1) is 18.5 Å². The van der Waals surface area contributed by atoms with Crippen molar-refractivity contribution in [3.8, 4) is 0 Å². The van der Waals surface area contributed by atoms with Gasteiger partial charge in [-0.25, -0.2) is 4.79 Å². The van der Waals surface area contributed by atoms with Crippen LogP contribution in [0.2, 0.25) is 0 Å². The van der Waals surface area contributed by atoms with Crippen LogP contribution in [0.15, 0.2) is 6.20 Å². The Morgan fingerprint density at radius 1 is 1.79 bits per heavy atom. The normalized spacial score (nSPS) is 18.5. The number of rotatable bonds is 2. The van der Waals surface area contributed by atoms with Gasteiger partial charge in [-0.05, 0) is 6.92 Å². The molecule has 0 unspecified atom stereocenters. The smallest absolute Gasteiger partial charge is 0.327 e. The zero-order valence-corrected chi connectivity index (χ0v) is 8.56. The largest absolute Gasteiger partial charge is 0.465 e. The van der Waals surface area contributed by atoms with E-state index in [1.807, 2.05) is 0 Å². The number of nitrogens with one attached hydrogen (secondary N) is 2. The molecule has 0 saturated heterocycles. The molecule has 0 amide bonds. The fourth-order valence-electron chi connectivity index (χ4n) is 1.46. The molecule has 78 valence electrons. The summed E-state index contributed by atoms with van der Waals surface area (Å²) in [6, 6.07) is -0.339. The highest BCUT2D eigenvalue weighted by Gasteiger charge is 2.30. The van der Waals surface area contributed by atoms with Gasteiger partial charge in [0.1, 0.15) is 6.04 Å². The SMILES string of the molecule is CCOC(=O)[C@@H]1NCc2[nH]ncc21.Cl. The van der Waals surface area contributed by atoms with Crippen molar-refractivity contribution in [2.45, 2.75) is 19.5 Å². The monoisotopic (exact) mass is 217 g/mol. The van der Waals surface area contributed by atoms with Crippen LogP contribution in [0.3, 0.4) is 0 Å². The quantitative estimate of drug-likeness (QED) is 0.710. The average Bonchev–Trinajstić information content (AvgIpc) is 2.62. The van der Waals surface area contributed by atoms with Gasteiger partial charge in [-0.2, -0.15) is 5.10 Å². The molecule has 1 aromatic heterocycles. The lowest BCUT2D eigenvalue weighted by Crippen LogP contribution is -2.24. The lowest BCUT2D eigenvalue weighted by atomic mass is 10.2. The predicted octanol–water partition coefficient (Wildman–Crippen LogP) is 0.539. The Bertz CT molecular complexity index is 326. The number of hydrogen-bond acceptors (Lipinski definition) is 4. The van der Waals surface area contributed by atoms with Crippen molar-refractivity contribution in [2.24, 2.45) is 0 Å². The summed E-state index contributed by atoms with van der Waals surface area (Å²) >= 11 is 0. The van der Waals surface area contributed by atoms with E-state index in [9.17, 15) is 4.79 Å². The zero-order chi connectivity index (χ0) is 9.26. The summed E-state index contributed by atoms with van der Waals surface area (Å²) < 4.78 is 4.91. The third kappa shape index (κ3) is 1.73. The van der Waals surface area contributed by atoms with E-state index in [0.29, 0.717) is 13.2 Å². The minimum Gasteiger partial charge on any atom is -0.465 e. The Hall–Kier alpha value is -1.07. The lowest BCUT2D eigenvalue weighted by Gasteiger charge is -2.08. The molecule has 2 N–H and O–H groups in total. The van der Waals surface area contributed by atoms with Crippen molar-refractivity contribution in [1.82, 2.24) is 15.5 Å². The van der Waals surface area contributed by atoms with E-state index >= 15 is 0 Å². The van der Waals surface area contributed by atoms with Crippen molar-refractivity contribution in [2.75, 3.05) is 6.61 Å². The summed E-state index contributed by atoms with van der Waals surface area (Å²) in [4.78, 5) is 11.4. The van der Waals surface area contributed by atoms with Gasteiger partial charge in [0.25, 0.3) is 0 Å². The van der Waals surface area contributed by atoms with E-state index in [0.717, 1.165) is 11.3 Å². The summed E-state index contributed by atoms with van der Waals surface area (Å²) in [5.41, 5.74) is 1.87. The van der Waals surface area contributed by atoms with E-state index in [4.69, 9.17) is 4.74 Å². The van der Waals surface area contributed by atoms with E-state index < -0.39 is 0 Å². The second-order valence-electron chi connectivity index (χ2n) is 2.87. The highest BCUT2D eigenvalue weighted by Crippen LogP contribution is 2.23. The van der Waals surface area contributed by atoms with Crippen LogP contribution in [0.25, 0.3) is 0 Å². The molecule has 14 heavy (non-hydrogen) atoms. The zero-order valence-electron chi connectivity index (χ0n) is 7.74. The Morgan fingerprint density at radius 2 is 2.57 bits per heavy atom. The molecular weight excluding hydrogens is 206 g/mol. The number of halogens is 1. The van der Waals surface area contributed by atoms with Crippen molar-refractivity contribution in [3.63, 3.8) is 0 Å². The second kappa shape index (κ2) is 4.43. The number of aromatic nitrogens is 2. The number of esters is 1. The molecule has 1 aliphatic heterocycles. The third-order valence-electron chi connectivity index (χ3n) is 2.07.